The fourth-order valence-corrected chi connectivity index (χ4v) is 1.97. The molecule has 1 rings (SSSR count). The molecular formula is C9H17N3. The zero-order chi connectivity index (χ0) is 8.81. The summed E-state index contributed by atoms with van der Waals surface area (Å²) in [4.78, 5) is 2.79. The van der Waals surface area contributed by atoms with Gasteiger partial charge >= 0.3 is 0 Å². The van der Waals surface area contributed by atoms with Gasteiger partial charge in [-0.05, 0) is 17.4 Å². The second-order valence-corrected chi connectivity index (χ2v) is 3.71. The van der Waals surface area contributed by atoms with Gasteiger partial charge in [0.1, 0.15) is 0 Å². The summed E-state index contributed by atoms with van der Waals surface area (Å²) >= 11 is 0. The van der Waals surface area contributed by atoms with Crippen molar-refractivity contribution in [1.82, 2.24) is 0 Å². The topological polar surface area (TPSA) is 48.8 Å². The quantitative estimate of drug-likeness (QED) is 0.351. The van der Waals surface area contributed by atoms with Crippen LogP contribution in [0.3, 0.4) is 0 Å². The molecule has 0 aromatic carbocycles. The van der Waals surface area contributed by atoms with Crippen molar-refractivity contribution >= 4 is 0 Å². The molecule has 0 amide bonds. The number of hydrogen-bond donors (Lipinski definition) is 0. The van der Waals surface area contributed by atoms with E-state index in [-0.39, 0.29) is 0 Å². The molecule has 0 heterocycles. The van der Waals surface area contributed by atoms with Crippen molar-refractivity contribution in [3.8, 4) is 0 Å². The Morgan fingerprint density at radius 3 is 2.33 bits per heavy atom. The van der Waals surface area contributed by atoms with Gasteiger partial charge in [0.2, 0.25) is 0 Å². The Morgan fingerprint density at radius 1 is 1.25 bits per heavy atom. The maximum atomic E-state index is 8.15. The standard InChI is InChI=1S/C9H17N3/c1-2-8-3-5-9(6-4-8)7-11-12-10/h8-9H,2-7H2,1H3. The maximum absolute atomic E-state index is 8.15. The number of hydrogen-bond acceptors (Lipinski definition) is 1. The Labute approximate surface area is 73.8 Å². The molecule has 0 bridgehead atoms. The molecule has 0 aromatic heterocycles. The van der Waals surface area contributed by atoms with Gasteiger partial charge in [-0.1, -0.05) is 44.1 Å². The summed E-state index contributed by atoms with van der Waals surface area (Å²) in [5, 5.41) is 3.63. The van der Waals surface area contributed by atoms with E-state index in [9.17, 15) is 0 Å². The van der Waals surface area contributed by atoms with Crippen LogP contribution in [-0.4, -0.2) is 6.54 Å². The van der Waals surface area contributed by atoms with Gasteiger partial charge in [-0.25, -0.2) is 0 Å². The van der Waals surface area contributed by atoms with Crippen molar-refractivity contribution in [3.63, 3.8) is 0 Å². The second kappa shape index (κ2) is 5.04. The molecule has 0 aromatic rings. The van der Waals surface area contributed by atoms with Crippen LogP contribution in [0.25, 0.3) is 10.4 Å². The van der Waals surface area contributed by atoms with Gasteiger partial charge in [0.25, 0.3) is 0 Å². The van der Waals surface area contributed by atoms with Crippen LogP contribution in [0.15, 0.2) is 5.11 Å². The second-order valence-electron chi connectivity index (χ2n) is 3.71. The summed E-state index contributed by atoms with van der Waals surface area (Å²) in [6, 6.07) is 0. The molecule has 0 N–H and O–H groups in total. The van der Waals surface area contributed by atoms with Crippen LogP contribution in [0.5, 0.6) is 0 Å². The van der Waals surface area contributed by atoms with Gasteiger partial charge in [-0.15, -0.1) is 0 Å². The van der Waals surface area contributed by atoms with E-state index < -0.39 is 0 Å². The van der Waals surface area contributed by atoms with Crippen LogP contribution in [0.1, 0.15) is 39.0 Å². The summed E-state index contributed by atoms with van der Waals surface area (Å²) in [7, 11) is 0. The molecular weight excluding hydrogens is 150 g/mol. The Balaban J connectivity index is 2.21. The Morgan fingerprint density at radius 2 is 1.83 bits per heavy atom. The summed E-state index contributed by atoms with van der Waals surface area (Å²) in [5.74, 6) is 1.61. The first kappa shape index (κ1) is 9.40. The number of rotatable bonds is 3. The largest absolute Gasteiger partial charge is 0.0937 e. The molecule has 1 aliphatic carbocycles. The minimum Gasteiger partial charge on any atom is -0.0937 e. The zero-order valence-electron chi connectivity index (χ0n) is 7.74. The van der Waals surface area contributed by atoms with E-state index in [0.29, 0.717) is 12.5 Å². The van der Waals surface area contributed by atoms with Crippen molar-refractivity contribution < 1.29 is 0 Å². The lowest BCUT2D eigenvalue weighted by atomic mass is 9.81. The lowest BCUT2D eigenvalue weighted by molar-refractivity contribution is 0.274. The third-order valence-electron chi connectivity index (χ3n) is 2.95. The molecule has 1 fully saturated rings. The molecule has 68 valence electrons. The summed E-state index contributed by atoms with van der Waals surface area (Å²) in [6.45, 7) is 2.98. The predicted molar refractivity (Wildman–Crippen MR) is 49.8 cm³/mol. The molecule has 0 aliphatic heterocycles. The van der Waals surface area contributed by atoms with E-state index in [1.807, 2.05) is 0 Å². The molecule has 0 radical (unpaired) electrons. The lowest BCUT2D eigenvalue weighted by Gasteiger charge is -2.26. The average Bonchev–Trinajstić information content (AvgIpc) is 2.15. The lowest BCUT2D eigenvalue weighted by Crippen LogP contribution is -2.15. The van der Waals surface area contributed by atoms with Gasteiger partial charge in [0, 0.05) is 11.5 Å². The van der Waals surface area contributed by atoms with Gasteiger partial charge in [-0.3, -0.25) is 0 Å². The van der Waals surface area contributed by atoms with Crippen molar-refractivity contribution in [3.05, 3.63) is 10.4 Å². The SMILES string of the molecule is CCC1CCC(CN=[N+]=[N-])CC1. The highest BCUT2D eigenvalue weighted by Gasteiger charge is 2.18. The molecule has 3 heteroatoms. The predicted octanol–water partition coefficient (Wildman–Crippen LogP) is 3.51. The highest BCUT2D eigenvalue weighted by Crippen LogP contribution is 2.30. The van der Waals surface area contributed by atoms with Crippen molar-refractivity contribution in [2.75, 3.05) is 6.54 Å². The average molecular weight is 167 g/mol. The molecule has 3 nitrogen and oxygen atoms in total. The summed E-state index contributed by atoms with van der Waals surface area (Å²) in [6.07, 6.45) is 6.51. The van der Waals surface area contributed by atoms with E-state index in [0.717, 1.165) is 5.92 Å². The van der Waals surface area contributed by atoms with E-state index in [1.54, 1.807) is 0 Å². The normalized spacial score (nSPS) is 29.4. The molecule has 0 spiro atoms. The van der Waals surface area contributed by atoms with E-state index >= 15 is 0 Å². The smallest absolute Gasteiger partial charge is 0.0286 e. The van der Waals surface area contributed by atoms with Crippen LogP contribution in [0.4, 0.5) is 0 Å². The summed E-state index contributed by atoms with van der Waals surface area (Å²) < 4.78 is 0. The monoisotopic (exact) mass is 167 g/mol. The minimum atomic E-state index is 0.670. The Bertz CT molecular complexity index is 165. The molecule has 0 atom stereocenters. The number of nitrogens with zero attached hydrogens (tertiary/aromatic N) is 3. The third-order valence-corrected chi connectivity index (χ3v) is 2.95. The Hall–Kier alpha value is -0.690. The zero-order valence-corrected chi connectivity index (χ0v) is 7.74. The highest BCUT2D eigenvalue weighted by molar-refractivity contribution is 4.73. The van der Waals surface area contributed by atoms with Crippen LogP contribution in [-0.2, 0) is 0 Å². The van der Waals surface area contributed by atoms with E-state index in [1.165, 1.54) is 32.1 Å². The molecule has 1 saturated carbocycles. The Kier molecular flexibility index (Phi) is 3.95. The van der Waals surface area contributed by atoms with Crippen LogP contribution < -0.4 is 0 Å². The first-order valence-corrected chi connectivity index (χ1v) is 4.87. The maximum Gasteiger partial charge on any atom is 0.0286 e. The molecule has 0 saturated heterocycles. The van der Waals surface area contributed by atoms with Gasteiger partial charge < -0.3 is 0 Å². The minimum absolute atomic E-state index is 0.670. The van der Waals surface area contributed by atoms with Crippen LogP contribution in [0, 0.1) is 11.8 Å². The fourth-order valence-electron chi connectivity index (χ4n) is 1.97. The molecule has 1 aliphatic rings. The fraction of sp³-hybridized carbons (Fsp3) is 1.00. The van der Waals surface area contributed by atoms with Crippen molar-refractivity contribution in [2.45, 2.75) is 39.0 Å². The highest BCUT2D eigenvalue weighted by atomic mass is 15.1. The van der Waals surface area contributed by atoms with Crippen molar-refractivity contribution in [2.24, 2.45) is 17.0 Å². The van der Waals surface area contributed by atoms with Gasteiger partial charge in [0.05, 0.1) is 0 Å². The van der Waals surface area contributed by atoms with Gasteiger partial charge in [-0.2, -0.15) is 0 Å². The van der Waals surface area contributed by atoms with Crippen molar-refractivity contribution in [1.29, 1.82) is 0 Å². The first-order chi connectivity index (χ1) is 5.86. The number of azide groups is 1. The van der Waals surface area contributed by atoms with E-state index in [2.05, 4.69) is 16.9 Å². The van der Waals surface area contributed by atoms with E-state index in [4.69, 9.17) is 5.53 Å². The van der Waals surface area contributed by atoms with Crippen LogP contribution in [0.2, 0.25) is 0 Å². The molecule has 12 heavy (non-hydrogen) atoms. The molecule has 0 unspecified atom stereocenters. The first-order valence-electron chi connectivity index (χ1n) is 4.87. The summed E-state index contributed by atoms with van der Waals surface area (Å²) in [5.41, 5.74) is 8.15. The van der Waals surface area contributed by atoms with Crippen LogP contribution >= 0.6 is 0 Å². The third kappa shape index (κ3) is 2.74. The van der Waals surface area contributed by atoms with Gasteiger partial charge in [0.15, 0.2) is 0 Å².